The second-order valence-corrected chi connectivity index (χ2v) is 6.31. The monoisotopic (exact) mass is 383 g/mol. The molecule has 0 bridgehead atoms. The van der Waals surface area contributed by atoms with Crippen LogP contribution in [-0.2, 0) is 14.3 Å². The molecule has 0 saturated heterocycles. The van der Waals surface area contributed by atoms with E-state index in [1.807, 2.05) is 32.0 Å². The molecule has 6 nitrogen and oxygen atoms in total. The van der Waals surface area contributed by atoms with E-state index in [0.29, 0.717) is 11.5 Å². The van der Waals surface area contributed by atoms with Crippen molar-refractivity contribution in [2.75, 3.05) is 25.7 Å². The number of benzene rings is 2. The molecule has 0 fully saturated rings. The molecule has 0 aliphatic carbocycles. The summed E-state index contributed by atoms with van der Waals surface area (Å²) in [5.41, 5.74) is 1.48. The van der Waals surface area contributed by atoms with E-state index in [0.717, 1.165) is 11.3 Å². The molecule has 2 aromatic rings. The van der Waals surface area contributed by atoms with Gasteiger partial charge in [0.15, 0.2) is 18.1 Å². The molecule has 0 saturated carbocycles. The lowest BCUT2D eigenvalue weighted by Gasteiger charge is -2.16. The molecule has 148 valence electrons. The summed E-state index contributed by atoms with van der Waals surface area (Å²) in [4.78, 5) is 25.5. The second kappa shape index (κ2) is 10.2. The van der Waals surface area contributed by atoms with E-state index >= 15 is 0 Å². The lowest BCUT2D eigenvalue weighted by atomic mass is 10.2. The third-order valence-corrected chi connectivity index (χ3v) is 3.82. The first kappa shape index (κ1) is 21.0. The van der Waals surface area contributed by atoms with Gasteiger partial charge in [0.05, 0.1) is 13.2 Å². The molecule has 0 heterocycles. The zero-order valence-corrected chi connectivity index (χ0v) is 16.5. The highest BCUT2D eigenvalue weighted by molar-refractivity contribution is 5.96. The molecule has 2 rings (SSSR count). The molecule has 2 aromatic carbocycles. The summed E-state index contributed by atoms with van der Waals surface area (Å²) in [6.45, 7) is 3.53. The van der Waals surface area contributed by atoms with E-state index in [-0.39, 0.29) is 18.6 Å². The predicted octanol–water partition coefficient (Wildman–Crippen LogP) is 3.70. The molecule has 0 atom stereocenters. The number of amides is 1. The first-order valence-electron chi connectivity index (χ1n) is 8.92. The number of ether oxygens (including phenoxy) is 3. The van der Waals surface area contributed by atoms with Gasteiger partial charge in [-0.25, -0.2) is 4.79 Å². The Labute approximate surface area is 165 Å². The van der Waals surface area contributed by atoms with Gasteiger partial charge < -0.3 is 19.1 Å². The Kier molecular flexibility index (Phi) is 7.63. The molecule has 0 unspecified atom stereocenters. The maximum atomic E-state index is 12.1. The minimum atomic E-state index is -0.601. The second-order valence-electron chi connectivity index (χ2n) is 6.31. The third kappa shape index (κ3) is 6.16. The number of hydrogen-bond acceptors (Lipinski definition) is 5. The molecule has 0 aromatic heterocycles. The lowest BCUT2D eigenvalue weighted by Crippen LogP contribution is -2.30. The quantitative estimate of drug-likeness (QED) is 0.514. The van der Waals surface area contributed by atoms with Crippen molar-refractivity contribution in [2.24, 2.45) is 0 Å². The van der Waals surface area contributed by atoms with Crippen molar-refractivity contribution in [3.63, 3.8) is 0 Å². The summed E-state index contributed by atoms with van der Waals surface area (Å²) in [5, 5.41) is 0. The zero-order valence-electron chi connectivity index (χ0n) is 16.5. The van der Waals surface area contributed by atoms with E-state index in [4.69, 9.17) is 14.2 Å². The Morgan fingerprint density at radius 3 is 2.43 bits per heavy atom. The highest BCUT2D eigenvalue weighted by atomic mass is 16.5. The molecule has 0 spiro atoms. The molecule has 0 radical (unpaired) electrons. The van der Waals surface area contributed by atoms with Crippen molar-refractivity contribution >= 4 is 23.6 Å². The predicted molar refractivity (Wildman–Crippen MR) is 109 cm³/mol. The van der Waals surface area contributed by atoms with E-state index in [2.05, 4.69) is 0 Å². The van der Waals surface area contributed by atoms with Crippen LogP contribution in [-0.4, -0.2) is 38.7 Å². The Hall–Kier alpha value is -3.28. The maximum absolute atomic E-state index is 12.1. The van der Waals surface area contributed by atoms with Crippen LogP contribution in [0, 0.1) is 0 Å². The summed E-state index contributed by atoms with van der Waals surface area (Å²) in [5.74, 6) is 0.289. The Morgan fingerprint density at radius 2 is 1.79 bits per heavy atom. The van der Waals surface area contributed by atoms with Crippen LogP contribution in [0.3, 0.4) is 0 Å². The van der Waals surface area contributed by atoms with Crippen molar-refractivity contribution in [1.29, 1.82) is 0 Å². The Balaban J connectivity index is 1.92. The van der Waals surface area contributed by atoms with Gasteiger partial charge >= 0.3 is 5.97 Å². The minimum absolute atomic E-state index is 0.0248. The van der Waals surface area contributed by atoms with Crippen molar-refractivity contribution in [3.05, 3.63) is 60.2 Å². The molecule has 1 amide bonds. The molecule has 6 heteroatoms. The van der Waals surface area contributed by atoms with Gasteiger partial charge in [0.2, 0.25) is 0 Å². The van der Waals surface area contributed by atoms with E-state index in [9.17, 15) is 9.59 Å². The van der Waals surface area contributed by atoms with Gasteiger partial charge in [-0.3, -0.25) is 4.79 Å². The number of methoxy groups -OCH3 is 1. The van der Waals surface area contributed by atoms with Crippen molar-refractivity contribution in [3.8, 4) is 11.5 Å². The van der Waals surface area contributed by atoms with Crippen molar-refractivity contribution < 1.29 is 23.8 Å². The van der Waals surface area contributed by atoms with E-state index in [1.54, 1.807) is 50.6 Å². The number of hydrogen-bond donors (Lipinski definition) is 0. The van der Waals surface area contributed by atoms with Gasteiger partial charge in [0.1, 0.15) is 0 Å². The average Bonchev–Trinajstić information content (AvgIpc) is 2.70. The number of anilines is 1. The number of rotatable bonds is 8. The Bertz CT molecular complexity index is 830. The first-order chi connectivity index (χ1) is 13.4. The van der Waals surface area contributed by atoms with Crippen molar-refractivity contribution in [1.82, 2.24) is 0 Å². The van der Waals surface area contributed by atoms with Crippen LogP contribution in [0.4, 0.5) is 5.69 Å². The largest absolute Gasteiger partial charge is 0.493 e. The number of nitrogens with zero attached hydrogens (tertiary/aromatic N) is 1. The number of carbonyl (C=O) groups is 2. The van der Waals surface area contributed by atoms with E-state index in [1.165, 1.54) is 11.0 Å². The topological polar surface area (TPSA) is 65.1 Å². The van der Waals surface area contributed by atoms with Crippen LogP contribution in [0.25, 0.3) is 6.08 Å². The molecule has 28 heavy (non-hydrogen) atoms. The van der Waals surface area contributed by atoms with Gasteiger partial charge in [-0.1, -0.05) is 24.3 Å². The summed E-state index contributed by atoms with van der Waals surface area (Å²) in [6.07, 6.45) is 2.89. The van der Waals surface area contributed by atoms with Gasteiger partial charge in [-0.15, -0.1) is 0 Å². The van der Waals surface area contributed by atoms with Gasteiger partial charge in [0.25, 0.3) is 5.91 Å². The van der Waals surface area contributed by atoms with E-state index < -0.39 is 5.97 Å². The SMILES string of the molecule is COc1cc(/C=C/C(=O)OCC(=O)N(C)c2ccccc2)ccc1OC(C)C. The fraction of sp³-hybridized carbons (Fsp3) is 0.273. The summed E-state index contributed by atoms with van der Waals surface area (Å²) < 4.78 is 16.0. The highest BCUT2D eigenvalue weighted by Crippen LogP contribution is 2.29. The van der Waals surface area contributed by atoms with Crippen molar-refractivity contribution in [2.45, 2.75) is 20.0 Å². The molecule has 0 aliphatic rings. The van der Waals surface area contributed by atoms with Crippen LogP contribution >= 0.6 is 0 Å². The maximum Gasteiger partial charge on any atom is 0.331 e. The van der Waals surface area contributed by atoms with Gasteiger partial charge in [0, 0.05) is 18.8 Å². The molecule has 0 aliphatic heterocycles. The zero-order chi connectivity index (χ0) is 20.5. The van der Waals surface area contributed by atoms with Gasteiger partial charge in [-0.2, -0.15) is 0 Å². The van der Waals surface area contributed by atoms with Crippen LogP contribution in [0.5, 0.6) is 11.5 Å². The molecular formula is C22H25NO5. The fourth-order valence-corrected chi connectivity index (χ4v) is 2.38. The lowest BCUT2D eigenvalue weighted by molar-refractivity contribution is -0.142. The summed E-state index contributed by atoms with van der Waals surface area (Å²) in [6, 6.07) is 14.5. The number of carbonyl (C=O) groups excluding carboxylic acids is 2. The fourth-order valence-electron chi connectivity index (χ4n) is 2.38. The Morgan fingerprint density at radius 1 is 1.07 bits per heavy atom. The average molecular weight is 383 g/mol. The highest BCUT2D eigenvalue weighted by Gasteiger charge is 2.12. The van der Waals surface area contributed by atoms with Crippen LogP contribution in [0.15, 0.2) is 54.6 Å². The van der Waals surface area contributed by atoms with Crippen LogP contribution in [0.2, 0.25) is 0 Å². The smallest absolute Gasteiger partial charge is 0.331 e. The number of likely N-dealkylation sites (N-methyl/N-ethyl adjacent to an activating group) is 1. The minimum Gasteiger partial charge on any atom is -0.493 e. The third-order valence-electron chi connectivity index (χ3n) is 3.82. The van der Waals surface area contributed by atoms with Crippen LogP contribution in [0.1, 0.15) is 19.4 Å². The standard InChI is InChI=1S/C22H25NO5/c1-16(2)28-19-12-10-17(14-20(19)26-4)11-13-22(25)27-15-21(24)23(3)18-8-6-5-7-9-18/h5-14,16H,15H2,1-4H3/b13-11+. The number of para-hydroxylation sites is 1. The van der Waals surface area contributed by atoms with Crippen LogP contribution < -0.4 is 14.4 Å². The number of esters is 1. The first-order valence-corrected chi connectivity index (χ1v) is 8.92. The molecule has 0 N–H and O–H groups in total. The molecular weight excluding hydrogens is 358 g/mol. The summed E-state index contributed by atoms with van der Waals surface area (Å²) in [7, 11) is 3.19. The normalized spacial score (nSPS) is 10.8. The van der Waals surface area contributed by atoms with Gasteiger partial charge in [-0.05, 0) is 49.8 Å². The summed E-state index contributed by atoms with van der Waals surface area (Å²) >= 11 is 0.